The van der Waals surface area contributed by atoms with Crippen molar-refractivity contribution < 1.29 is 0 Å². The Kier molecular flexibility index (Phi) is 4.57. The zero-order chi connectivity index (χ0) is 13.5. The summed E-state index contributed by atoms with van der Waals surface area (Å²) < 4.78 is 0. The molecule has 0 fully saturated rings. The van der Waals surface area contributed by atoms with Crippen molar-refractivity contribution in [2.45, 2.75) is 13.0 Å². The third kappa shape index (κ3) is 3.35. The van der Waals surface area contributed by atoms with E-state index in [0.717, 1.165) is 0 Å². The van der Waals surface area contributed by atoms with Crippen LogP contribution in [0.1, 0.15) is 12.5 Å². The van der Waals surface area contributed by atoms with E-state index in [2.05, 4.69) is 60.6 Å². The van der Waals surface area contributed by atoms with Crippen LogP contribution in [0.2, 0.25) is 0 Å². The fraction of sp³-hybridized carbons (Fsp3) is 0.111. The van der Waals surface area contributed by atoms with Crippen LogP contribution in [0.15, 0.2) is 85.1 Å². The van der Waals surface area contributed by atoms with Gasteiger partial charge in [-0.25, -0.2) is 0 Å². The minimum absolute atomic E-state index is 0.210. The number of allylic oxidation sites excluding steroid dienone is 5. The van der Waals surface area contributed by atoms with Gasteiger partial charge < -0.3 is 5.32 Å². The molecule has 1 aromatic rings. The van der Waals surface area contributed by atoms with E-state index in [4.69, 9.17) is 0 Å². The molecule has 96 valence electrons. The number of rotatable bonds is 4. The van der Waals surface area contributed by atoms with Crippen molar-refractivity contribution in [3.8, 4) is 0 Å². The average molecular weight is 249 g/mol. The molecule has 1 heterocycles. The van der Waals surface area contributed by atoms with Crippen molar-refractivity contribution in [3.63, 3.8) is 0 Å². The van der Waals surface area contributed by atoms with Crippen LogP contribution in [-0.2, 0) is 0 Å². The van der Waals surface area contributed by atoms with Gasteiger partial charge in [0.15, 0.2) is 0 Å². The summed E-state index contributed by atoms with van der Waals surface area (Å²) in [6.07, 6.45) is 14.4. The fourth-order valence-corrected chi connectivity index (χ4v) is 2.09. The molecule has 1 nitrogen and oxygen atoms in total. The van der Waals surface area contributed by atoms with Gasteiger partial charge in [-0.15, -0.1) is 0 Å². The standard InChI is InChI=1S/C18H19N/c1-3-8-16(9-4-2)18-13-12-17(14-19-18)15-10-6-5-7-11-15/h3-14,18-19H,1H2,2H3/b9-4-,16-8+. The minimum Gasteiger partial charge on any atom is -0.380 e. The molecule has 0 saturated carbocycles. The smallest absolute Gasteiger partial charge is 0.0696 e. The van der Waals surface area contributed by atoms with Gasteiger partial charge in [-0.2, -0.15) is 0 Å². The molecule has 0 bridgehead atoms. The number of dihydropyridines is 1. The van der Waals surface area contributed by atoms with Crippen LogP contribution < -0.4 is 5.32 Å². The Morgan fingerprint density at radius 3 is 2.63 bits per heavy atom. The lowest BCUT2D eigenvalue weighted by molar-refractivity contribution is 0.804. The number of hydrogen-bond donors (Lipinski definition) is 1. The molecule has 1 aromatic carbocycles. The zero-order valence-electron chi connectivity index (χ0n) is 11.2. The van der Waals surface area contributed by atoms with E-state index in [0.29, 0.717) is 0 Å². The maximum absolute atomic E-state index is 3.76. The van der Waals surface area contributed by atoms with E-state index < -0.39 is 0 Å². The van der Waals surface area contributed by atoms with Gasteiger partial charge >= 0.3 is 0 Å². The molecule has 1 N–H and O–H groups in total. The Morgan fingerprint density at radius 2 is 2.05 bits per heavy atom. The lowest BCUT2D eigenvalue weighted by Crippen LogP contribution is -2.26. The lowest BCUT2D eigenvalue weighted by Gasteiger charge is -2.20. The molecular weight excluding hydrogens is 230 g/mol. The third-order valence-corrected chi connectivity index (χ3v) is 3.02. The van der Waals surface area contributed by atoms with Crippen molar-refractivity contribution in [1.82, 2.24) is 5.32 Å². The zero-order valence-corrected chi connectivity index (χ0v) is 11.2. The summed E-state index contributed by atoms with van der Waals surface area (Å²) in [6.45, 7) is 5.79. The van der Waals surface area contributed by atoms with Gasteiger partial charge in [-0.3, -0.25) is 0 Å². The van der Waals surface area contributed by atoms with E-state index in [1.165, 1.54) is 16.7 Å². The predicted molar refractivity (Wildman–Crippen MR) is 83.6 cm³/mol. The quantitative estimate of drug-likeness (QED) is 0.787. The van der Waals surface area contributed by atoms with Gasteiger partial charge in [0.05, 0.1) is 6.04 Å². The number of nitrogens with one attached hydrogen (secondary N) is 1. The molecule has 1 aliphatic heterocycles. The maximum atomic E-state index is 3.76. The first kappa shape index (κ1) is 13.2. The highest BCUT2D eigenvalue weighted by Gasteiger charge is 2.10. The molecule has 19 heavy (non-hydrogen) atoms. The highest BCUT2D eigenvalue weighted by Crippen LogP contribution is 2.20. The summed E-state index contributed by atoms with van der Waals surface area (Å²) in [5, 5.41) is 3.42. The average Bonchev–Trinajstić information content (AvgIpc) is 2.48. The Hall–Kier alpha value is -2.28. The Balaban J connectivity index is 2.14. The SMILES string of the molecule is C=C/C=C(\C=C/C)C1C=CC(c2ccccc2)=CN1. The number of benzene rings is 1. The summed E-state index contributed by atoms with van der Waals surface area (Å²) in [7, 11) is 0. The predicted octanol–water partition coefficient (Wildman–Crippen LogP) is 4.24. The van der Waals surface area contributed by atoms with E-state index in [1.807, 2.05) is 31.2 Å². The van der Waals surface area contributed by atoms with Gasteiger partial charge in [-0.05, 0) is 23.6 Å². The molecule has 0 aromatic heterocycles. The largest absolute Gasteiger partial charge is 0.380 e. The summed E-state index contributed by atoms with van der Waals surface area (Å²) in [4.78, 5) is 0. The second-order valence-electron chi connectivity index (χ2n) is 4.37. The fourth-order valence-electron chi connectivity index (χ4n) is 2.09. The van der Waals surface area contributed by atoms with Gasteiger partial charge in [-0.1, -0.05) is 73.4 Å². The van der Waals surface area contributed by atoms with Crippen LogP contribution in [-0.4, -0.2) is 6.04 Å². The van der Waals surface area contributed by atoms with Crippen LogP contribution in [0.25, 0.3) is 5.57 Å². The van der Waals surface area contributed by atoms with Crippen molar-refractivity contribution in [3.05, 3.63) is 90.7 Å². The van der Waals surface area contributed by atoms with Crippen LogP contribution in [0.4, 0.5) is 0 Å². The molecule has 1 aliphatic rings. The lowest BCUT2D eigenvalue weighted by atomic mass is 9.99. The second-order valence-corrected chi connectivity index (χ2v) is 4.37. The monoisotopic (exact) mass is 249 g/mol. The first-order chi connectivity index (χ1) is 9.35. The van der Waals surface area contributed by atoms with E-state index in [9.17, 15) is 0 Å². The normalized spacial score (nSPS) is 19.1. The highest BCUT2D eigenvalue weighted by molar-refractivity contribution is 5.75. The Bertz CT molecular complexity index is 544. The van der Waals surface area contributed by atoms with Gasteiger partial charge in [0.2, 0.25) is 0 Å². The van der Waals surface area contributed by atoms with Gasteiger partial charge in [0.25, 0.3) is 0 Å². The summed E-state index contributed by atoms with van der Waals surface area (Å²) in [6, 6.07) is 10.6. The van der Waals surface area contributed by atoms with Crippen molar-refractivity contribution in [2.75, 3.05) is 0 Å². The summed E-state index contributed by atoms with van der Waals surface area (Å²) in [5.41, 5.74) is 3.64. The van der Waals surface area contributed by atoms with Crippen LogP contribution in [0, 0.1) is 0 Å². The molecule has 0 aliphatic carbocycles. The number of hydrogen-bond acceptors (Lipinski definition) is 1. The molecule has 1 heteroatoms. The van der Waals surface area contributed by atoms with Crippen molar-refractivity contribution in [2.24, 2.45) is 0 Å². The molecule has 0 saturated heterocycles. The molecule has 2 rings (SSSR count). The minimum atomic E-state index is 0.210. The molecule has 0 radical (unpaired) electrons. The Morgan fingerprint density at radius 1 is 1.26 bits per heavy atom. The molecule has 1 unspecified atom stereocenters. The molecule has 0 amide bonds. The van der Waals surface area contributed by atoms with E-state index in [-0.39, 0.29) is 6.04 Å². The Labute approximate surface area is 115 Å². The molecule has 0 spiro atoms. The van der Waals surface area contributed by atoms with Gasteiger partial charge in [0.1, 0.15) is 0 Å². The van der Waals surface area contributed by atoms with Crippen LogP contribution in [0.3, 0.4) is 0 Å². The van der Waals surface area contributed by atoms with Crippen LogP contribution >= 0.6 is 0 Å². The first-order valence-electron chi connectivity index (χ1n) is 6.50. The third-order valence-electron chi connectivity index (χ3n) is 3.02. The highest BCUT2D eigenvalue weighted by atomic mass is 14.9. The van der Waals surface area contributed by atoms with E-state index >= 15 is 0 Å². The summed E-state index contributed by atoms with van der Waals surface area (Å²) in [5.74, 6) is 0. The van der Waals surface area contributed by atoms with Crippen LogP contribution in [0.5, 0.6) is 0 Å². The maximum Gasteiger partial charge on any atom is 0.0696 e. The van der Waals surface area contributed by atoms with Crippen molar-refractivity contribution >= 4 is 5.57 Å². The molecule has 1 atom stereocenters. The van der Waals surface area contributed by atoms with Crippen molar-refractivity contribution in [1.29, 1.82) is 0 Å². The second kappa shape index (κ2) is 6.60. The van der Waals surface area contributed by atoms with E-state index in [1.54, 1.807) is 0 Å². The summed E-state index contributed by atoms with van der Waals surface area (Å²) >= 11 is 0. The first-order valence-corrected chi connectivity index (χ1v) is 6.50. The van der Waals surface area contributed by atoms with Gasteiger partial charge in [0, 0.05) is 6.20 Å². The topological polar surface area (TPSA) is 12.0 Å². The molecular formula is C18H19N.